The van der Waals surface area contributed by atoms with Gasteiger partial charge in [-0.2, -0.15) is 0 Å². The Morgan fingerprint density at radius 3 is 2.24 bits per heavy atom. The van der Waals surface area contributed by atoms with E-state index >= 15 is 0 Å². The third kappa shape index (κ3) is 3.71. The van der Waals surface area contributed by atoms with Gasteiger partial charge in [-0.25, -0.2) is 14.6 Å². The maximum Gasteiger partial charge on any atom is 0.337 e. The van der Waals surface area contributed by atoms with Crippen LogP contribution in [-0.4, -0.2) is 55.3 Å². The van der Waals surface area contributed by atoms with Crippen LogP contribution in [0.4, 0.5) is 11.5 Å². The van der Waals surface area contributed by atoms with E-state index in [1.807, 2.05) is 12.1 Å². The number of carbonyl (C=O) groups excluding carboxylic acids is 1. The number of carbonyl (C=O) groups is 2. The van der Waals surface area contributed by atoms with Gasteiger partial charge in [0.25, 0.3) is 0 Å². The molecule has 1 aromatic carbocycles. The maximum atomic E-state index is 11.5. The molecule has 0 bridgehead atoms. The second-order valence-corrected chi connectivity index (χ2v) is 5.72. The number of pyridine rings is 1. The first-order valence-corrected chi connectivity index (χ1v) is 7.96. The molecule has 3 rings (SSSR count). The molecule has 25 heavy (non-hydrogen) atoms. The zero-order chi connectivity index (χ0) is 17.8. The number of carboxylic acids is 1. The maximum absolute atomic E-state index is 11.5. The van der Waals surface area contributed by atoms with Gasteiger partial charge in [-0.05, 0) is 36.4 Å². The van der Waals surface area contributed by atoms with Crippen LogP contribution >= 0.6 is 0 Å². The van der Waals surface area contributed by atoms with E-state index in [0.29, 0.717) is 11.4 Å². The minimum Gasteiger partial charge on any atom is -0.478 e. The summed E-state index contributed by atoms with van der Waals surface area (Å²) in [6.45, 7) is 3.07. The van der Waals surface area contributed by atoms with Crippen LogP contribution in [0.5, 0.6) is 0 Å². The van der Waals surface area contributed by atoms with Gasteiger partial charge in [0.15, 0.2) is 0 Å². The fraction of sp³-hybridized carbons (Fsp3) is 0.278. The van der Waals surface area contributed by atoms with E-state index in [9.17, 15) is 9.59 Å². The first-order valence-electron chi connectivity index (χ1n) is 7.96. The molecule has 1 aliphatic rings. The number of aromatic nitrogens is 1. The Hall–Kier alpha value is -3.09. The SMILES string of the molecule is COC(=O)c1ccc(N2CCN(c3cc(C(=O)O)ccn3)CC2)cc1. The summed E-state index contributed by atoms with van der Waals surface area (Å²) >= 11 is 0. The molecular formula is C18H19N3O4. The molecule has 2 heterocycles. The summed E-state index contributed by atoms with van der Waals surface area (Å²) in [5, 5.41) is 9.09. The highest BCUT2D eigenvalue weighted by Gasteiger charge is 2.19. The van der Waals surface area contributed by atoms with Crippen LogP contribution in [0, 0.1) is 0 Å². The molecule has 2 aromatic rings. The Balaban J connectivity index is 1.64. The summed E-state index contributed by atoms with van der Waals surface area (Å²) in [6, 6.07) is 10.4. The Labute approximate surface area is 145 Å². The lowest BCUT2D eigenvalue weighted by atomic mass is 10.1. The highest BCUT2D eigenvalue weighted by atomic mass is 16.5. The van der Waals surface area contributed by atoms with Crippen molar-refractivity contribution in [1.29, 1.82) is 0 Å². The third-order valence-corrected chi connectivity index (χ3v) is 4.25. The molecule has 1 fully saturated rings. The van der Waals surface area contributed by atoms with Crippen molar-refractivity contribution in [3.8, 4) is 0 Å². The van der Waals surface area contributed by atoms with Crippen LogP contribution in [-0.2, 0) is 4.74 Å². The van der Waals surface area contributed by atoms with Crippen molar-refractivity contribution < 1.29 is 19.4 Å². The fourth-order valence-electron chi connectivity index (χ4n) is 2.84. The number of piperazine rings is 1. The van der Waals surface area contributed by atoms with Gasteiger partial charge < -0.3 is 19.6 Å². The molecule has 1 aliphatic heterocycles. The van der Waals surface area contributed by atoms with E-state index in [-0.39, 0.29) is 11.5 Å². The summed E-state index contributed by atoms with van der Waals surface area (Å²) in [5.41, 5.74) is 1.81. The number of aromatic carboxylic acids is 1. The number of methoxy groups -OCH3 is 1. The molecule has 0 unspecified atom stereocenters. The van der Waals surface area contributed by atoms with Crippen LogP contribution in [0.2, 0.25) is 0 Å². The normalized spacial score (nSPS) is 14.3. The van der Waals surface area contributed by atoms with Crippen LogP contribution in [0.1, 0.15) is 20.7 Å². The Kier molecular flexibility index (Phi) is 4.83. The van der Waals surface area contributed by atoms with Crippen LogP contribution in [0.25, 0.3) is 0 Å². The van der Waals surface area contributed by atoms with Gasteiger partial charge in [0.1, 0.15) is 5.82 Å². The number of rotatable bonds is 4. The van der Waals surface area contributed by atoms with E-state index in [0.717, 1.165) is 31.9 Å². The molecule has 0 spiro atoms. The molecule has 0 amide bonds. The van der Waals surface area contributed by atoms with Crippen molar-refractivity contribution in [2.75, 3.05) is 43.1 Å². The molecule has 0 atom stereocenters. The lowest BCUT2D eigenvalue weighted by Crippen LogP contribution is -2.46. The molecule has 1 saturated heterocycles. The van der Waals surface area contributed by atoms with E-state index in [1.165, 1.54) is 19.4 Å². The van der Waals surface area contributed by atoms with Crippen LogP contribution < -0.4 is 9.80 Å². The third-order valence-electron chi connectivity index (χ3n) is 4.25. The van der Waals surface area contributed by atoms with Crippen molar-refractivity contribution in [2.45, 2.75) is 0 Å². The molecule has 7 heteroatoms. The quantitative estimate of drug-likeness (QED) is 0.850. The number of hydrogen-bond donors (Lipinski definition) is 1. The van der Waals surface area contributed by atoms with Gasteiger partial charge in [0.2, 0.25) is 0 Å². The number of nitrogens with zero attached hydrogens (tertiary/aromatic N) is 3. The predicted molar refractivity (Wildman–Crippen MR) is 93.4 cm³/mol. The Bertz CT molecular complexity index is 768. The van der Waals surface area contributed by atoms with Crippen LogP contribution in [0.15, 0.2) is 42.6 Å². The molecule has 7 nitrogen and oxygen atoms in total. The average Bonchev–Trinajstić information content (AvgIpc) is 2.67. The predicted octanol–water partition coefficient (Wildman–Crippen LogP) is 1.89. The lowest BCUT2D eigenvalue weighted by molar-refractivity contribution is 0.0600. The summed E-state index contributed by atoms with van der Waals surface area (Å²) in [6.07, 6.45) is 1.52. The molecule has 1 N–H and O–H groups in total. The standard InChI is InChI=1S/C18H19N3O4/c1-25-18(24)13-2-4-15(5-3-13)20-8-10-21(11-9-20)16-12-14(17(22)23)6-7-19-16/h2-7,12H,8-11H2,1H3,(H,22,23). The van der Waals surface area contributed by atoms with Gasteiger partial charge in [-0.3, -0.25) is 0 Å². The van der Waals surface area contributed by atoms with E-state index < -0.39 is 5.97 Å². The minimum absolute atomic E-state index is 0.242. The summed E-state index contributed by atoms with van der Waals surface area (Å²) < 4.78 is 4.70. The Morgan fingerprint density at radius 1 is 1.00 bits per heavy atom. The summed E-state index contributed by atoms with van der Waals surface area (Å²) in [7, 11) is 1.36. The molecular weight excluding hydrogens is 322 g/mol. The van der Waals surface area contributed by atoms with Gasteiger partial charge in [-0.1, -0.05) is 0 Å². The highest BCUT2D eigenvalue weighted by molar-refractivity contribution is 5.89. The number of ether oxygens (including phenoxy) is 1. The molecule has 0 saturated carbocycles. The second kappa shape index (κ2) is 7.21. The van der Waals surface area contributed by atoms with E-state index in [2.05, 4.69) is 14.8 Å². The molecule has 130 valence electrons. The first kappa shape index (κ1) is 16.8. The van der Waals surface area contributed by atoms with Gasteiger partial charge >= 0.3 is 11.9 Å². The monoisotopic (exact) mass is 341 g/mol. The fourth-order valence-corrected chi connectivity index (χ4v) is 2.84. The summed E-state index contributed by atoms with van der Waals surface area (Å²) in [4.78, 5) is 31.1. The van der Waals surface area contributed by atoms with Crippen molar-refractivity contribution in [3.63, 3.8) is 0 Å². The van der Waals surface area contributed by atoms with Crippen molar-refractivity contribution in [1.82, 2.24) is 4.98 Å². The van der Waals surface area contributed by atoms with Gasteiger partial charge in [0, 0.05) is 38.1 Å². The van der Waals surface area contributed by atoms with Gasteiger partial charge in [0.05, 0.1) is 18.2 Å². The largest absolute Gasteiger partial charge is 0.478 e. The average molecular weight is 341 g/mol. The molecule has 0 radical (unpaired) electrons. The second-order valence-electron chi connectivity index (χ2n) is 5.72. The van der Waals surface area contributed by atoms with Crippen molar-refractivity contribution in [3.05, 3.63) is 53.7 Å². The van der Waals surface area contributed by atoms with E-state index in [4.69, 9.17) is 9.84 Å². The minimum atomic E-state index is -0.951. The van der Waals surface area contributed by atoms with Crippen molar-refractivity contribution in [2.24, 2.45) is 0 Å². The highest BCUT2D eigenvalue weighted by Crippen LogP contribution is 2.20. The number of esters is 1. The van der Waals surface area contributed by atoms with Crippen molar-refractivity contribution >= 4 is 23.4 Å². The summed E-state index contributed by atoms with van der Waals surface area (Å²) in [5.74, 6) is -0.616. The smallest absolute Gasteiger partial charge is 0.337 e. The zero-order valence-corrected chi connectivity index (χ0v) is 13.9. The number of anilines is 2. The molecule has 0 aliphatic carbocycles. The van der Waals surface area contributed by atoms with Gasteiger partial charge in [-0.15, -0.1) is 0 Å². The number of benzene rings is 1. The molecule has 1 aromatic heterocycles. The lowest BCUT2D eigenvalue weighted by Gasteiger charge is -2.36. The van der Waals surface area contributed by atoms with Crippen LogP contribution in [0.3, 0.4) is 0 Å². The zero-order valence-electron chi connectivity index (χ0n) is 13.9. The number of carboxylic acid groups (broad SMARTS) is 1. The van der Waals surface area contributed by atoms with E-state index in [1.54, 1.807) is 18.2 Å². The number of hydrogen-bond acceptors (Lipinski definition) is 6. The first-order chi connectivity index (χ1) is 12.1. The Morgan fingerprint density at radius 2 is 1.64 bits per heavy atom. The topological polar surface area (TPSA) is 83.0 Å².